The lowest BCUT2D eigenvalue weighted by molar-refractivity contribution is 0.102. The third kappa shape index (κ3) is 5.12. The lowest BCUT2D eigenvalue weighted by atomic mass is 10.1. The number of benzene rings is 1. The Morgan fingerprint density at radius 2 is 1.82 bits per heavy atom. The number of imidazole rings is 3. The number of fused-ring (bicyclic) bond motifs is 1. The summed E-state index contributed by atoms with van der Waals surface area (Å²) >= 11 is 0. The summed E-state index contributed by atoms with van der Waals surface area (Å²) in [6.07, 6.45) is 10.8. The van der Waals surface area contributed by atoms with Gasteiger partial charge in [0.1, 0.15) is 11.5 Å². The number of pyridine rings is 1. The predicted octanol–water partition coefficient (Wildman–Crippen LogP) is 4.47. The molecule has 39 heavy (non-hydrogen) atoms. The largest absolute Gasteiger partial charge is 0.337 e. The zero-order valence-corrected chi connectivity index (χ0v) is 20.4. The van der Waals surface area contributed by atoms with Crippen LogP contribution in [-0.2, 0) is 13.1 Å². The Balaban J connectivity index is 1.32. The van der Waals surface area contributed by atoms with Crippen LogP contribution in [-0.4, -0.2) is 44.6 Å². The molecule has 194 valence electrons. The van der Waals surface area contributed by atoms with Gasteiger partial charge in [0, 0.05) is 48.9 Å². The monoisotopic (exact) mass is 525 g/mol. The second-order valence-electron chi connectivity index (χ2n) is 8.76. The summed E-state index contributed by atoms with van der Waals surface area (Å²) in [4.78, 5) is 29.1. The number of nitrogens with one attached hydrogen (secondary N) is 1. The molecule has 1 amide bonds. The summed E-state index contributed by atoms with van der Waals surface area (Å²) in [6, 6.07) is 12.2. The fourth-order valence-corrected chi connectivity index (χ4v) is 4.28. The van der Waals surface area contributed by atoms with Crippen LogP contribution in [0.1, 0.15) is 16.8 Å². The lowest BCUT2D eigenvalue weighted by Crippen LogP contribution is -2.12. The molecule has 5 aromatic heterocycles. The van der Waals surface area contributed by atoms with Crippen molar-refractivity contribution < 1.29 is 13.6 Å². The van der Waals surface area contributed by atoms with E-state index in [-0.39, 0.29) is 17.2 Å². The summed E-state index contributed by atoms with van der Waals surface area (Å²) in [7, 11) is 0. The summed E-state index contributed by atoms with van der Waals surface area (Å²) < 4.78 is 32.6. The summed E-state index contributed by atoms with van der Waals surface area (Å²) in [5.74, 6) is -1.34. The Labute approximate surface area is 220 Å². The fourth-order valence-electron chi connectivity index (χ4n) is 4.28. The molecule has 0 unspecified atom stereocenters. The van der Waals surface area contributed by atoms with Crippen LogP contribution < -0.4 is 5.32 Å². The van der Waals surface area contributed by atoms with Crippen molar-refractivity contribution >= 4 is 17.4 Å². The van der Waals surface area contributed by atoms with Gasteiger partial charge in [0.25, 0.3) is 5.91 Å². The molecule has 0 fully saturated rings. The first-order valence-electron chi connectivity index (χ1n) is 12.1. The molecule has 0 saturated heterocycles. The van der Waals surface area contributed by atoms with Crippen molar-refractivity contribution in [3.05, 3.63) is 103 Å². The first kappa shape index (κ1) is 24.1. The van der Waals surface area contributed by atoms with Gasteiger partial charge in [-0.1, -0.05) is 0 Å². The van der Waals surface area contributed by atoms with Gasteiger partial charge in [-0.25, -0.2) is 28.8 Å². The van der Waals surface area contributed by atoms with Crippen LogP contribution in [0.2, 0.25) is 0 Å². The number of amides is 1. The van der Waals surface area contributed by atoms with Crippen LogP contribution in [0, 0.1) is 11.8 Å². The quantitative estimate of drug-likeness (QED) is 0.294. The number of rotatable bonds is 8. The van der Waals surface area contributed by atoms with E-state index < -0.39 is 11.9 Å². The molecule has 0 aliphatic carbocycles. The highest BCUT2D eigenvalue weighted by molar-refractivity contribution is 6.03. The molecule has 1 N–H and O–H groups in total. The van der Waals surface area contributed by atoms with Crippen LogP contribution in [0.4, 0.5) is 14.6 Å². The number of carbonyl (C=O) groups is 1. The minimum Gasteiger partial charge on any atom is -0.337 e. The summed E-state index contributed by atoms with van der Waals surface area (Å²) in [6.45, 7) is 1.44. The van der Waals surface area contributed by atoms with Crippen molar-refractivity contribution in [2.75, 3.05) is 5.32 Å². The van der Waals surface area contributed by atoms with Gasteiger partial charge in [-0.05, 0) is 48.9 Å². The fraction of sp³-hybridized carbons (Fsp3) is 0.111. The smallest absolute Gasteiger partial charge is 0.257 e. The Morgan fingerprint density at radius 3 is 2.62 bits per heavy atom. The first-order chi connectivity index (χ1) is 19.0. The molecule has 0 aliphatic heterocycles. The SMILES string of the molecule is O=C(Nc1cn2nc(-c3c(-c4ccc(F)cc4)ncn3CCCn3ccnc3)ccc2n1)c1ccnc(F)c1. The molecule has 10 nitrogen and oxygen atoms in total. The molecule has 0 atom stereocenters. The van der Waals surface area contributed by atoms with Crippen molar-refractivity contribution in [3.8, 4) is 22.6 Å². The highest BCUT2D eigenvalue weighted by Crippen LogP contribution is 2.31. The van der Waals surface area contributed by atoms with Gasteiger partial charge >= 0.3 is 0 Å². The van der Waals surface area contributed by atoms with E-state index in [1.165, 1.54) is 24.4 Å². The van der Waals surface area contributed by atoms with E-state index in [0.29, 0.717) is 23.6 Å². The predicted molar refractivity (Wildman–Crippen MR) is 139 cm³/mol. The molecule has 0 spiro atoms. The van der Waals surface area contributed by atoms with Crippen molar-refractivity contribution in [1.82, 2.24) is 38.7 Å². The van der Waals surface area contributed by atoms with Gasteiger partial charge in [-0.2, -0.15) is 9.49 Å². The zero-order valence-electron chi connectivity index (χ0n) is 20.4. The number of hydrogen-bond acceptors (Lipinski definition) is 6. The van der Waals surface area contributed by atoms with Gasteiger partial charge in [0.2, 0.25) is 5.95 Å². The zero-order chi connectivity index (χ0) is 26.8. The van der Waals surface area contributed by atoms with E-state index in [9.17, 15) is 13.6 Å². The first-order valence-corrected chi connectivity index (χ1v) is 12.1. The molecule has 6 aromatic rings. The maximum absolute atomic E-state index is 13.6. The number of anilines is 1. The highest BCUT2D eigenvalue weighted by Gasteiger charge is 2.18. The van der Waals surface area contributed by atoms with Gasteiger partial charge in [0.15, 0.2) is 11.5 Å². The molecular formula is C27H21F2N9O. The number of nitrogens with zero attached hydrogens (tertiary/aromatic N) is 8. The van der Waals surface area contributed by atoms with Crippen molar-refractivity contribution in [2.24, 2.45) is 0 Å². The molecular weight excluding hydrogens is 504 g/mol. The Bertz CT molecular complexity index is 1760. The van der Waals surface area contributed by atoms with Crippen LogP contribution in [0.15, 0.2) is 86.0 Å². The van der Waals surface area contributed by atoms with E-state index in [1.807, 2.05) is 21.4 Å². The van der Waals surface area contributed by atoms with Crippen LogP contribution in [0.5, 0.6) is 0 Å². The minimum absolute atomic E-state index is 0.122. The van der Waals surface area contributed by atoms with Crippen LogP contribution >= 0.6 is 0 Å². The van der Waals surface area contributed by atoms with Crippen LogP contribution in [0.25, 0.3) is 28.3 Å². The topological polar surface area (TPSA) is 108 Å². The van der Waals surface area contributed by atoms with E-state index in [4.69, 9.17) is 5.10 Å². The van der Waals surface area contributed by atoms with E-state index >= 15 is 0 Å². The molecule has 0 saturated carbocycles. The van der Waals surface area contributed by atoms with Crippen molar-refractivity contribution in [3.63, 3.8) is 0 Å². The highest BCUT2D eigenvalue weighted by atomic mass is 19.1. The molecule has 0 bridgehead atoms. The normalized spacial score (nSPS) is 11.2. The lowest BCUT2D eigenvalue weighted by Gasteiger charge is -2.11. The molecule has 0 aliphatic rings. The maximum Gasteiger partial charge on any atom is 0.257 e. The van der Waals surface area contributed by atoms with Crippen LogP contribution in [0.3, 0.4) is 0 Å². The number of aromatic nitrogens is 8. The average Bonchev–Trinajstić information content (AvgIpc) is 3.69. The van der Waals surface area contributed by atoms with Gasteiger partial charge in [0.05, 0.1) is 30.2 Å². The Morgan fingerprint density at radius 1 is 0.949 bits per heavy atom. The molecule has 6 rings (SSSR count). The second kappa shape index (κ2) is 10.2. The van der Waals surface area contributed by atoms with Gasteiger partial charge < -0.3 is 14.5 Å². The van der Waals surface area contributed by atoms with E-state index in [2.05, 4.69) is 25.3 Å². The third-order valence-corrected chi connectivity index (χ3v) is 6.12. The minimum atomic E-state index is -0.748. The van der Waals surface area contributed by atoms with Gasteiger partial charge in [-0.3, -0.25) is 4.79 Å². The maximum atomic E-state index is 13.6. The number of carbonyl (C=O) groups excluding carboxylic acids is 1. The summed E-state index contributed by atoms with van der Waals surface area (Å²) in [5, 5.41) is 7.40. The molecule has 12 heteroatoms. The standard InChI is InChI=1S/C27H21F2N9O/c28-20-4-2-18(3-5-20)25-26(37(17-32-25)12-1-11-36-13-10-30-16-36)21-6-7-24-33-23(15-38(24)35-21)34-27(39)19-8-9-31-22(29)14-19/h2-10,13-17H,1,11-12H2,(H,34,39). The second-order valence-corrected chi connectivity index (χ2v) is 8.76. The van der Waals surface area contributed by atoms with Gasteiger partial charge in [-0.15, -0.1) is 0 Å². The molecule has 1 aromatic carbocycles. The Kier molecular flexibility index (Phi) is 6.33. The van der Waals surface area contributed by atoms with E-state index in [1.54, 1.807) is 47.8 Å². The molecule has 5 heterocycles. The Hall–Kier alpha value is -5.26. The number of halogens is 2. The summed E-state index contributed by atoms with van der Waals surface area (Å²) in [5.41, 5.74) is 3.43. The third-order valence-electron chi connectivity index (χ3n) is 6.12. The van der Waals surface area contributed by atoms with Crippen molar-refractivity contribution in [2.45, 2.75) is 19.5 Å². The van der Waals surface area contributed by atoms with Crippen molar-refractivity contribution in [1.29, 1.82) is 0 Å². The molecule has 0 radical (unpaired) electrons. The average molecular weight is 526 g/mol. The van der Waals surface area contributed by atoms with E-state index in [0.717, 1.165) is 30.3 Å². The number of aryl methyl sites for hydroxylation is 2. The number of hydrogen-bond donors (Lipinski definition) is 1.